The van der Waals surface area contributed by atoms with E-state index in [0.717, 1.165) is 62.0 Å². The molecule has 0 atom stereocenters. The van der Waals surface area contributed by atoms with Gasteiger partial charge in [-0.25, -0.2) is 4.98 Å². The van der Waals surface area contributed by atoms with Crippen molar-refractivity contribution in [2.75, 3.05) is 42.9 Å². The Morgan fingerprint density at radius 2 is 1.84 bits per heavy atom. The summed E-state index contributed by atoms with van der Waals surface area (Å²) in [5, 5.41) is 11.7. The summed E-state index contributed by atoms with van der Waals surface area (Å²) in [6.45, 7) is 4.30. The van der Waals surface area contributed by atoms with Crippen LogP contribution < -0.4 is 10.2 Å². The van der Waals surface area contributed by atoms with Crippen LogP contribution in [0.2, 0.25) is 0 Å². The van der Waals surface area contributed by atoms with Gasteiger partial charge in [0.15, 0.2) is 5.65 Å². The van der Waals surface area contributed by atoms with Gasteiger partial charge < -0.3 is 10.2 Å². The van der Waals surface area contributed by atoms with E-state index >= 15 is 0 Å². The number of carbonyl (C=O) groups is 1. The molecule has 2 aliphatic heterocycles. The zero-order chi connectivity index (χ0) is 21.0. The zero-order valence-electron chi connectivity index (χ0n) is 17.8. The summed E-state index contributed by atoms with van der Waals surface area (Å²) in [5.74, 6) is 2.42. The second kappa shape index (κ2) is 9.01. The normalized spacial score (nSPS) is 18.4. The molecule has 162 valence electrons. The molecular weight excluding hydrogens is 390 g/mol. The summed E-state index contributed by atoms with van der Waals surface area (Å²) in [5.41, 5.74) is 1.65. The Morgan fingerprint density at radius 3 is 2.61 bits per heavy atom. The number of pyridine rings is 2. The summed E-state index contributed by atoms with van der Waals surface area (Å²) in [7, 11) is 0. The van der Waals surface area contributed by atoms with Crippen molar-refractivity contribution in [3.63, 3.8) is 0 Å². The molecule has 0 radical (unpaired) electrons. The molecule has 2 aliphatic rings. The molecule has 2 fully saturated rings. The lowest BCUT2D eigenvalue weighted by Crippen LogP contribution is -2.39. The van der Waals surface area contributed by atoms with Crippen LogP contribution in [0.3, 0.4) is 0 Å². The first-order valence-electron chi connectivity index (χ1n) is 11.3. The number of aromatic nitrogens is 4. The van der Waals surface area contributed by atoms with Crippen LogP contribution in [0.5, 0.6) is 0 Å². The standard InChI is InChI=1S/C23H29N7O/c31-22(25-19-7-8-20(24-16-19)29-11-3-1-4-12-29)17-28-14-9-18(10-15-28)23-27-26-21-6-2-5-13-30(21)23/h2,5-8,13,16,18H,1,3-4,9-12,14-15,17H2,(H,25,31). The molecular formula is C23H29N7O. The van der Waals surface area contributed by atoms with Gasteiger partial charge in [-0.15, -0.1) is 10.2 Å². The fourth-order valence-electron chi connectivity index (χ4n) is 4.66. The topological polar surface area (TPSA) is 78.7 Å². The lowest BCUT2D eigenvalue weighted by Gasteiger charge is -2.30. The maximum Gasteiger partial charge on any atom is 0.238 e. The second-order valence-corrected chi connectivity index (χ2v) is 8.54. The molecule has 5 heterocycles. The van der Waals surface area contributed by atoms with Gasteiger partial charge in [-0.2, -0.15) is 0 Å². The van der Waals surface area contributed by atoms with Gasteiger partial charge in [0, 0.05) is 25.2 Å². The van der Waals surface area contributed by atoms with Crippen molar-refractivity contribution in [2.24, 2.45) is 0 Å². The van der Waals surface area contributed by atoms with E-state index in [2.05, 4.69) is 34.7 Å². The first-order valence-corrected chi connectivity index (χ1v) is 11.3. The monoisotopic (exact) mass is 419 g/mol. The first kappa shape index (κ1) is 19.9. The SMILES string of the molecule is O=C(CN1CCC(c2nnc3ccccn23)CC1)Nc1ccc(N2CCCCC2)nc1. The molecule has 8 nitrogen and oxygen atoms in total. The predicted octanol–water partition coefficient (Wildman–Crippen LogP) is 2.93. The molecule has 0 unspecified atom stereocenters. The van der Waals surface area contributed by atoms with Gasteiger partial charge in [0.2, 0.25) is 5.91 Å². The van der Waals surface area contributed by atoms with Gasteiger partial charge in [0.05, 0.1) is 18.4 Å². The van der Waals surface area contributed by atoms with Gasteiger partial charge in [-0.3, -0.25) is 14.1 Å². The van der Waals surface area contributed by atoms with Crippen LogP contribution >= 0.6 is 0 Å². The van der Waals surface area contributed by atoms with E-state index in [4.69, 9.17) is 0 Å². The average molecular weight is 420 g/mol. The van der Waals surface area contributed by atoms with Gasteiger partial charge in [0.25, 0.3) is 0 Å². The van der Waals surface area contributed by atoms with Crippen molar-refractivity contribution in [3.8, 4) is 0 Å². The number of fused-ring (bicyclic) bond motifs is 1. The smallest absolute Gasteiger partial charge is 0.238 e. The maximum atomic E-state index is 12.5. The van der Waals surface area contributed by atoms with Crippen molar-refractivity contribution in [3.05, 3.63) is 48.5 Å². The van der Waals surface area contributed by atoms with Crippen molar-refractivity contribution in [2.45, 2.75) is 38.0 Å². The summed E-state index contributed by atoms with van der Waals surface area (Å²) >= 11 is 0. The number of anilines is 2. The molecule has 0 aromatic carbocycles. The first-order chi connectivity index (χ1) is 15.3. The number of nitrogens with zero attached hydrogens (tertiary/aromatic N) is 6. The van der Waals surface area contributed by atoms with Crippen LogP contribution in [0.1, 0.15) is 43.8 Å². The molecule has 31 heavy (non-hydrogen) atoms. The number of nitrogens with one attached hydrogen (secondary N) is 1. The Labute approximate surface area is 182 Å². The van der Waals surface area contributed by atoms with Gasteiger partial charge >= 0.3 is 0 Å². The lowest BCUT2D eigenvalue weighted by atomic mass is 9.96. The number of rotatable bonds is 5. The highest BCUT2D eigenvalue weighted by molar-refractivity contribution is 5.92. The van der Waals surface area contributed by atoms with E-state index in [0.29, 0.717) is 12.5 Å². The van der Waals surface area contributed by atoms with Crippen LogP contribution in [-0.2, 0) is 4.79 Å². The summed E-state index contributed by atoms with van der Waals surface area (Å²) < 4.78 is 2.08. The van der Waals surface area contributed by atoms with Crippen molar-refractivity contribution < 1.29 is 4.79 Å². The second-order valence-electron chi connectivity index (χ2n) is 8.54. The molecule has 0 spiro atoms. The number of hydrogen-bond donors (Lipinski definition) is 1. The minimum atomic E-state index is 0.0129. The third-order valence-electron chi connectivity index (χ3n) is 6.37. The number of carbonyl (C=O) groups excluding carboxylic acids is 1. The summed E-state index contributed by atoms with van der Waals surface area (Å²) in [6.07, 6.45) is 9.51. The fourth-order valence-corrected chi connectivity index (χ4v) is 4.66. The highest BCUT2D eigenvalue weighted by atomic mass is 16.2. The molecule has 0 aliphatic carbocycles. The van der Waals surface area contributed by atoms with Crippen molar-refractivity contribution in [1.29, 1.82) is 0 Å². The Balaban J connectivity index is 1.11. The van der Waals surface area contributed by atoms with Crippen LogP contribution in [-0.4, -0.2) is 63.1 Å². The zero-order valence-corrected chi connectivity index (χ0v) is 17.8. The maximum absolute atomic E-state index is 12.5. The number of piperidine rings is 2. The molecule has 0 saturated carbocycles. The predicted molar refractivity (Wildman–Crippen MR) is 120 cm³/mol. The molecule has 1 amide bonds. The minimum Gasteiger partial charge on any atom is -0.357 e. The van der Waals surface area contributed by atoms with E-state index in [9.17, 15) is 4.79 Å². The van der Waals surface area contributed by atoms with Crippen LogP contribution in [0.4, 0.5) is 11.5 Å². The molecule has 0 bridgehead atoms. The Kier molecular flexibility index (Phi) is 5.80. The Morgan fingerprint density at radius 1 is 1.00 bits per heavy atom. The van der Waals surface area contributed by atoms with E-state index < -0.39 is 0 Å². The molecule has 5 rings (SSSR count). The third-order valence-corrected chi connectivity index (χ3v) is 6.37. The highest BCUT2D eigenvalue weighted by Crippen LogP contribution is 2.27. The van der Waals surface area contributed by atoms with Crippen molar-refractivity contribution in [1.82, 2.24) is 24.5 Å². The van der Waals surface area contributed by atoms with Crippen LogP contribution in [0.15, 0.2) is 42.7 Å². The third kappa shape index (κ3) is 4.54. The number of amides is 1. The largest absolute Gasteiger partial charge is 0.357 e. The summed E-state index contributed by atoms with van der Waals surface area (Å²) in [6, 6.07) is 9.93. The van der Waals surface area contributed by atoms with E-state index in [1.807, 2.05) is 36.5 Å². The lowest BCUT2D eigenvalue weighted by molar-refractivity contribution is -0.117. The van der Waals surface area contributed by atoms with E-state index in [1.54, 1.807) is 6.20 Å². The van der Waals surface area contributed by atoms with Gasteiger partial charge in [0.1, 0.15) is 11.6 Å². The Hall–Kier alpha value is -3.00. The van der Waals surface area contributed by atoms with Crippen LogP contribution in [0, 0.1) is 0 Å². The number of likely N-dealkylation sites (tertiary alicyclic amines) is 1. The molecule has 8 heteroatoms. The summed E-state index contributed by atoms with van der Waals surface area (Å²) in [4.78, 5) is 21.6. The Bertz CT molecular complexity index is 1020. The quantitative estimate of drug-likeness (QED) is 0.685. The van der Waals surface area contributed by atoms with Crippen molar-refractivity contribution >= 4 is 23.1 Å². The van der Waals surface area contributed by atoms with E-state index in [1.165, 1.54) is 19.3 Å². The number of hydrogen-bond acceptors (Lipinski definition) is 6. The fraction of sp³-hybridized carbons (Fsp3) is 0.478. The van der Waals surface area contributed by atoms with Gasteiger partial charge in [-0.1, -0.05) is 6.07 Å². The minimum absolute atomic E-state index is 0.0129. The van der Waals surface area contributed by atoms with E-state index in [-0.39, 0.29) is 5.91 Å². The molecule has 2 saturated heterocycles. The highest BCUT2D eigenvalue weighted by Gasteiger charge is 2.25. The van der Waals surface area contributed by atoms with Crippen LogP contribution in [0.25, 0.3) is 5.65 Å². The molecule has 1 N–H and O–H groups in total. The molecule has 3 aromatic rings. The molecule has 3 aromatic heterocycles. The average Bonchev–Trinajstić information content (AvgIpc) is 3.25. The van der Waals surface area contributed by atoms with Gasteiger partial charge in [-0.05, 0) is 69.5 Å².